The molecule has 2 unspecified atom stereocenters. The second-order valence-corrected chi connectivity index (χ2v) is 7.37. The van der Waals surface area contributed by atoms with Gasteiger partial charge in [-0.25, -0.2) is 0 Å². The third-order valence-corrected chi connectivity index (χ3v) is 5.62. The van der Waals surface area contributed by atoms with Gasteiger partial charge in [-0.1, -0.05) is 76.1 Å². The molecule has 1 heterocycles. The molecular formula is C21H33NO. The van der Waals surface area contributed by atoms with Gasteiger partial charge in [-0.15, -0.1) is 0 Å². The van der Waals surface area contributed by atoms with Crippen LogP contribution in [0.3, 0.4) is 0 Å². The van der Waals surface area contributed by atoms with Crippen LogP contribution in [0.15, 0.2) is 24.3 Å². The quantitative estimate of drug-likeness (QED) is 0.598. The second-order valence-electron chi connectivity index (χ2n) is 7.37. The van der Waals surface area contributed by atoms with Crippen LogP contribution in [-0.4, -0.2) is 30.3 Å². The van der Waals surface area contributed by atoms with Gasteiger partial charge in [0.15, 0.2) is 0 Å². The van der Waals surface area contributed by atoms with E-state index in [0.29, 0.717) is 12.1 Å². The average molecular weight is 316 g/mol. The summed E-state index contributed by atoms with van der Waals surface area (Å²) in [5.41, 5.74) is 3.04. The van der Waals surface area contributed by atoms with Gasteiger partial charge in [-0.05, 0) is 24.0 Å². The van der Waals surface area contributed by atoms with Crippen LogP contribution in [0.4, 0.5) is 0 Å². The molecule has 128 valence electrons. The predicted molar refractivity (Wildman–Crippen MR) is 96.7 cm³/mol. The van der Waals surface area contributed by atoms with E-state index in [1.54, 1.807) is 5.56 Å². The highest BCUT2D eigenvalue weighted by Gasteiger charge is 2.38. The topological polar surface area (TPSA) is 12.5 Å². The first-order valence-electron chi connectivity index (χ1n) is 9.81. The molecule has 1 saturated heterocycles. The van der Waals surface area contributed by atoms with E-state index >= 15 is 0 Å². The van der Waals surface area contributed by atoms with E-state index in [1.807, 2.05) is 0 Å². The van der Waals surface area contributed by atoms with Crippen molar-refractivity contribution in [2.75, 3.05) is 13.3 Å². The minimum Gasteiger partial charge on any atom is -0.361 e. The molecule has 0 spiro atoms. The Balaban J connectivity index is 1.36. The van der Waals surface area contributed by atoms with Gasteiger partial charge >= 0.3 is 0 Å². The molecule has 0 saturated carbocycles. The summed E-state index contributed by atoms with van der Waals surface area (Å²) in [6, 6.07) is 9.54. The van der Waals surface area contributed by atoms with E-state index in [0.717, 1.165) is 13.2 Å². The van der Waals surface area contributed by atoms with E-state index in [1.165, 1.54) is 69.9 Å². The summed E-state index contributed by atoms with van der Waals surface area (Å²) >= 11 is 0. The number of benzene rings is 1. The third kappa shape index (κ3) is 4.58. The van der Waals surface area contributed by atoms with Crippen molar-refractivity contribution in [3.8, 4) is 0 Å². The maximum Gasteiger partial charge on any atom is 0.0998 e. The van der Waals surface area contributed by atoms with E-state index < -0.39 is 0 Å². The van der Waals surface area contributed by atoms with Gasteiger partial charge in [-0.2, -0.15) is 0 Å². The Kier molecular flexibility index (Phi) is 6.53. The van der Waals surface area contributed by atoms with Crippen molar-refractivity contribution in [1.82, 2.24) is 4.90 Å². The number of ether oxygens (including phenoxy) is 1. The smallest absolute Gasteiger partial charge is 0.0998 e. The molecular weight excluding hydrogens is 282 g/mol. The predicted octanol–water partition coefficient (Wildman–Crippen LogP) is 4.95. The molecule has 0 N–H and O–H groups in total. The Morgan fingerprint density at radius 2 is 1.57 bits per heavy atom. The van der Waals surface area contributed by atoms with Gasteiger partial charge in [0.25, 0.3) is 0 Å². The van der Waals surface area contributed by atoms with Crippen molar-refractivity contribution in [2.24, 2.45) is 0 Å². The number of hydrogen-bond donors (Lipinski definition) is 0. The molecule has 1 fully saturated rings. The van der Waals surface area contributed by atoms with Crippen molar-refractivity contribution >= 4 is 0 Å². The van der Waals surface area contributed by atoms with Gasteiger partial charge in [0.05, 0.1) is 12.8 Å². The van der Waals surface area contributed by atoms with Crippen LogP contribution < -0.4 is 0 Å². The maximum atomic E-state index is 6.07. The van der Waals surface area contributed by atoms with Gasteiger partial charge in [0.1, 0.15) is 0 Å². The summed E-state index contributed by atoms with van der Waals surface area (Å²) in [6.45, 7) is 4.35. The Labute approximate surface area is 142 Å². The highest BCUT2D eigenvalue weighted by Crippen LogP contribution is 2.31. The summed E-state index contributed by atoms with van der Waals surface area (Å²) in [4.78, 5) is 2.59. The lowest BCUT2D eigenvalue weighted by Crippen LogP contribution is -2.41. The lowest BCUT2D eigenvalue weighted by molar-refractivity contribution is 0.0871. The lowest BCUT2D eigenvalue weighted by atomic mass is 9.86. The zero-order valence-corrected chi connectivity index (χ0v) is 14.8. The summed E-state index contributed by atoms with van der Waals surface area (Å²) in [5, 5.41) is 0. The molecule has 1 aromatic carbocycles. The Bertz CT molecular complexity index is 473. The Hall–Kier alpha value is -0.860. The minimum atomic E-state index is 0.430. The fourth-order valence-electron chi connectivity index (χ4n) is 4.17. The van der Waals surface area contributed by atoms with E-state index in [9.17, 15) is 0 Å². The molecule has 2 nitrogen and oxygen atoms in total. The van der Waals surface area contributed by atoms with Crippen LogP contribution >= 0.6 is 0 Å². The summed E-state index contributed by atoms with van der Waals surface area (Å²) in [5.74, 6) is 0. The van der Waals surface area contributed by atoms with Crippen LogP contribution in [0.25, 0.3) is 0 Å². The summed E-state index contributed by atoms with van der Waals surface area (Å²) < 4.78 is 6.07. The molecule has 2 heteroatoms. The number of fused-ring (bicyclic) bond motifs is 2. The van der Waals surface area contributed by atoms with Crippen LogP contribution in [0.2, 0.25) is 0 Å². The molecule has 1 aliphatic carbocycles. The number of rotatable bonds is 9. The highest BCUT2D eigenvalue weighted by atomic mass is 16.5. The number of unbranched alkanes of at least 4 members (excludes halogenated alkanes) is 7. The molecule has 3 rings (SSSR count). The monoisotopic (exact) mass is 315 g/mol. The minimum absolute atomic E-state index is 0.430. The van der Waals surface area contributed by atoms with Gasteiger partial charge in [0.2, 0.25) is 0 Å². The SMILES string of the molecule is CCCCCCCCCCN1COC2Cc3ccccc3CC21. The molecule has 1 aromatic rings. The van der Waals surface area contributed by atoms with E-state index in [4.69, 9.17) is 4.74 Å². The normalized spacial score (nSPS) is 23.7. The standard InChI is InChI=1S/C21H33NO/c1-2-3-4-5-6-7-8-11-14-22-17-23-21-16-19-13-10-9-12-18(19)15-20(21)22/h9-10,12-13,20-21H,2-8,11,14-17H2,1H3. The molecule has 2 aliphatic rings. The fourth-order valence-corrected chi connectivity index (χ4v) is 4.17. The first-order chi connectivity index (χ1) is 11.4. The molecule has 23 heavy (non-hydrogen) atoms. The van der Waals surface area contributed by atoms with Crippen molar-refractivity contribution in [3.05, 3.63) is 35.4 Å². The van der Waals surface area contributed by atoms with Gasteiger partial charge in [0, 0.05) is 19.0 Å². The molecule has 0 amide bonds. The number of hydrogen-bond acceptors (Lipinski definition) is 2. The molecule has 0 aromatic heterocycles. The Morgan fingerprint density at radius 1 is 0.913 bits per heavy atom. The number of nitrogens with zero attached hydrogens (tertiary/aromatic N) is 1. The zero-order chi connectivity index (χ0) is 15.9. The van der Waals surface area contributed by atoms with Gasteiger partial charge in [-0.3, -0.25) is 4.90 Å². The first kappa shape index (κ1) is 17.0. The molecule has 0 radical (unpaired) electrons. The average Bonchev–Trinajstić information content (AvgIpc) is 2.97. The maximum absolute atomic E-state index is 6.07. The lowest BCUT2D eigenvalue weighted by Gasteiger charge is -2.31. The Morgan fingerprint density at radius 3 is 2.30 bits per heavy atom. The fraction of sp³-hybridized carbons (Fsp3) is 0.714. The molecule has 2 atom stereocenters. The zero-order valence-electron chi connectivity index (χ0n) is 14.8. The van der Waals surface area contributed by atoms with Gasteiger partial charge < -0.3 is 4.74 Å². The largest absolute Gasteiger partial charge is 0.361 e. The van der Waals surface area contributed by atoms with Crippen LogP contribution in [0.1, 0.15) is 69.4 Å². The van der Waals surface area contributed by atoms with Crippen LogP contribution in [-0.2, 0) is 17.6 Å². The summed E-state index contributed by atoms with van der Waals surface area (Å²) in [6.07, 6.45) is 13.9. The second kappa shape index (κ2) is 8.84. The van der Waals surface area contributed by atoms with Crippen LogP contribution in [0.5, 0.6) is 0 Å². The van der Waals surface area contributed by atoms with Crippen molar-refractivity contribution < 1.29 is 4.74 Å². The van der Waals surface area contributed by atoms with Crippen molar-refractivity contribution in [2.45, 2.75) is 83.3 Å². The highest BCUT2D eigenvalue weighted by molar-refractivity contribution is 5.32. The van der Waals surface area contributed by atoms with E-state index in [-0.39, 0.29) is 0 Å². The van der Waals surface area contributed by atoms with Crippen LogP contribution in [0, 0.1) is 0 Å². The molecule has 0 bridgehead atoms. The van der Waals surface area contributed by atoms with E-state index in [2.05, 4.69) is 36.1 Å². The third-order valence-electron chi connectivity index (χ3n) is 5.62. The first-order valence-corrected chi connectivity index (χ1v) is 9.81. The van der Waals surface area contributed by atoms with Crippen molar-refractivity contribution in [1.29, 1.82) is 0 Å². The summed E-state index contributed by atoms with van der Waals surface area (Å²) in [7, 11) is 0. The van der Waals surface area contributed by atoms with Crippen molar-refractivity contribution in [3.63, 3.8) is 0 Å². The molecule has 1 aliphatic heterocycles.